The lowest BCUT2D eigenvalue weighted by molar-refractivity contribution is -0.115. The largest absolute Gasteiger partial charge is 0.322 e. The Bertz CT molecular complexity index is 1180. The van der Waals surface area contributed by atoms with Gasteiger partial charge in [-0.1, -0.05) is 67.2 Å². The summed E-state index contributed by atoms with van der Waals surface area (Å²) in [5.41, 5.74) is 5.20. The number of hydrogen-bond donors (Lipinski definition) is 0. The average Bonchev–Trinajstić information content (AvgIpc) is 3.40. The number of para-hydroxylation sites is 1. The molecular weight excluding hydrogens is 424 g/mol. The number of nitrogens with zero attached hydrogens (tertiary/aromatic N) is 4. The molecule has 0 aliphatic heterocycles. The molecule has 7 heteroatoms. The fraction of sp³-hybridized carbons (Fsp3) is 0.208. The molecule has 31 heavy (non-hydrogen) atoms. The molecule has 0 fully saturated rings. The first-order valence-electron chi connectivity index (χ1n) is 10.1. The number of aryl methyl sites for hydroxylation is 1. The molecule has 0 aliphatic rings. The highest BCUT2D eigenvalue weighted by Gasteiger charge is 2.20. The van der Waals surface area contributed by atoms with Crippen LogP contribution in [0.15, 0.2) is 71.3 Å². The molecule has 4 aromatic rings. The highest BCUT2D eigenvalue weighted by Crippen LogP contribution is 2.33. The second kappa shape index (κ2) is 9.49. The SMILES string of the molecule is CCc1ccccc1N(C(C)=O)c1nc(CSc2ncc(-c3ccccc3)n2C)cs1. The molecule has 0 atom stereocenters. The van der Waals surface area contributed by atoms with Crippen LogP contribution in [0.1, 0.15) is 25.1 Å². The minimum atomic E-state index is -0.0361. The summed E-state index contributed by atoms with van der Waals surface area (Å²) in [6.07, 6.45) is 2.76. The molecule has 0 saturated heterocycles. The maximum Gasteiger partial charge on any atom is 0.230 e. The van der Waals surface area contributed by atoms with Crippen molar-refractivity contribution in [2.75, 3.05) is 4.90 Å². The first kappa shape index (κ1) is 21.3. The first-order valence-corrected chi connectivity index (χ1v) is 12.0. The van der Waals surface area contributed by atoms with Crippen LogP contribution in [0.5, 0.6) is 0 Å². The number of anilines is 2. The van der Waals surface area contributed by atoms with Crippen molar-refractivity contribution in [1.82, 2.24) is 14.5 Å². The second-order valence-corrected chi connectivity index (χ2v) is 8.88. The third kappa shape index (κ3) is 4.57. The monoisotopic (exact) mass is 448 g/mol. The van der Waals surface area contributed by atoms with Gasteiger partial charge >= 0.3 is 0 Å². The highest BCUT2D eigenvalue weighted by molar-refractivity contribution is 7.98. The summed E-state index contributed by atoms with van der Waals surface area (Å²) >= 11 is 3.14. The Balaban J connectivity index is 1.52. The number of carbonyl (C=O) groups excluding carboxylic acids is 1. The number of thioether (sulfide) groups is 1. The van der Waals surface area contributed by atoms with Crippen molar-refractivity contribution in [3.63, 3.8) is 0 Å². The summed E-state index contributed by atoms with van der Waals surface area (Å²) in [5, 5.41) is 3.66. The van der Waals surface area contributed by atoms with E-state index < -0.39 is 0 Å². The summed E-state index contributed by atoms with van der Waals surface area (Å²) in [7, 11) is 2.03. The molecule has 0 bridgehead atoms. The van der Waals surface area contributed by atoms with Crippen LogP contribution in [-0.4, -0.2) is 20.4 Å². The van der Waals surface area contributed by atoms with Crippen molar-refractivity contribution >= 4 is 39.8 Å². The third-order valence-electron chi connectivity index (χ3n) is 5.02. The quantitative estimate of drug-likeness (QED) is 0.321. The highest BCUT2D eigenvalue weighted by atomic mass is 32.2. The molecule has 0 N–H and O–H groups in total. The zero-order valence-corrected chi connectivity index (χ0v) is 19.4. The number of thiazole rings is 1. The zero-order chi connectivity index (χ0) is 21.8. The minimum Gasteiger partial charge on any atom is -0.322 e. The van der Waals surface area contributed by atoms with Crippen molar-refractivity contribution in [1.29, 1.82) is 0 Å². The van der Waals surface area contributed by atoms with E-state index in [1.54, 1.807) is 23.6 Å². The molecule has 158 valence electrons. The van der Waals surface area contributed by atoms with E-state index in [9.17, 15) is 4.79 Å². The predicted octanol–water partition coefficient (Wildman–Crippen LogP) is 6.08. The molecule has 0 unspecified atom stereocenters. The van der Waals surface area contributed by atoms with E-state index >= 15 is 0 Å². The Morgan fingerprint density at radius 2 is 1.87 bits per heavy atom. The Morgan fingerprint density at radius 3 is 2.61 bits per heavy atom. The van der Waals surface area contributed by atoms with E-state index in [4.69, 9.17) is 4.98 Å². The van der Waals surface area contributed by atoms with Gasteiger partial charge in [-0.05, 0) is 23.6 Å². The summed E-state index contributed by atoms with van der Waals surface area (Å²) in [6, 6.07) is 18.2. The number of imidazole rings is 1. The van der Waals surface area contributed by atoms with Crippen LogP contribution in [0.25, 0.3) is 11.3 Å². The van der Waals surface area contributed by atoms with Crippen molar-refractivity contribution in [3.8, 4) is 11.3 Å². The van der Waals surface area contributed by atoms with Crippen LogP contribution >= 0.6 is 23.1 Å². The molecule has 0 saturated carbocycles. The number of hydrogen-bond acceptors (Lipinski definition) is 5. The van der Waals surface area contributed by atoms with Gasteiger partial charge in [0.25, 0.3) is 0 Å². The standard InChI is InChI=1S/C24H24N4OS2/c1-4-18-10-8-9-13-21(18)28(17(2)29)24-26-20(16-31-24)15-30-23-25-14-22(27(23)3)19-11-6-5-7-12-19/h5-14,16H,4,15H2,1-3H3. The van der Waals surface area contributed by atoms with Gasteiger partial charge in [0.15, 0.2) is 10.3 Å². The molecule has 0 aliphatic carbocycles. The number of aromatic nitrogens is 3. The lowest BCUT2D eigenvalue weighted by Gasteiger charge is -2.20. The minimum absolute atomic E-state index is 0.0361. The number of carbonyl (C=O) groups is 1. The summed E-state index contributed by atoms with van der Waals surface area (Å²) in [5.74, 6) is 0.655. The number of amides is 1. The van der Waals surface area contributed by atoms with Gasteiger partial charge in [-0.3, -0.25) is 9.69 Å². The van der Waals surface area contributed by atoms with Gasteiger partial charge < -0.3 is 4.57 Å². The van der Waals surface area contributed by atoms with Crippen molar-refractivity contribution in [3.05, 3.63) is 77.4 Å². The van der Waals surface area contributed by atoms with Gasteiger partial charge in [-0.15, -0.1) is 11.3 Å². The molecular formula is C24H24N4OS2. The van der Waals surface area contributed by atoms with E-state index in [2.05, 4.69) is 34.7 Å². The van der Waals surface area contributed by atoms with Crippen LogP contribution in [0.3, 0.4) is 0 Å². The maximum absolute atomic E-state index is 12.5. The molecule has 0 spiro atoms. The Labute approximate surface area is 190 Å². The lowest BCUT2D eigenvalue weighted by Crippen LogP contribution is -2.23. The van der Waals surface area contributed by atoms with Gasteiger partial charge in [0.1, 0.15) is 0 Å². The summed E-state index contributed by atoms with van der Waals surface area (Å²) in [6.45, 7) is 3.68. The fourth-order valence-corrected chi connectivity index (χ4v) is 5.27. The van der Waals surface area contributed by atoms with Gasteiger partial charge in [-0.25, -0.2) is 9.97 Å². The first-order chi connectivity index (χ1) is 15.1. The van der Waals surface area contributed by atoms with Crippen LogP contribution < -0.4 is 4.90 Å². The molecule has 2 aromatic carbocycles. The molecule has 1 amide bonds. The van der Waals surface area contributed by atoms with Crippen LogP contribution in [0, 0.1) is 0 Å². The van der Waals surface area contributed by atoms with Crippen molar-refractivity contribution < 1.29 is 4.79 Å². The van der Waals surface area contributed by atoms with E-state index in [0.29, 0.717) is 10.9 Å². The Kier molecular flexibility index (Phi) is 6.53. The smallest absolute Gasteiger partial charge is 0.230 e. The molecule has 5 nitrogen and oxygen atoms in total. The van der Waals surface area contributed by atoms with E-state index in [1.165, 1.54) is 11.3 Å². The van der Waals surface area contributed by atoms with Crippen LogP contribution in [0.4, 0.5) is 10.8 Å². The Hall–Kier alpha value is -2.90. The second-order valence-electron chi connectivity index (χ2n) is 7.10. The average molecular weight is 449 g/mol. The normalized spacial score (nSPS) is 10.9. The van der Waals surface area contributed by atoms with E-state index in [0.717, 1.165) is 39.8 Å². The summed E-state index contributed by atoms with van der Waals surface area (Å²) in [4.78, 5) is 23.5. The molecule has 4 rings (SSSR count). The zero-order valence-electron chi connectivity index (χ0n) is 17.8. The van der Waals surface area contributed by atoms with Crippen molar-refractivity contribution in [2.45, 2.75) is 31.2 Å². The van der Waals surface area contributed by atoms with E-state index in [1.807, 2.05) is 55.0 Å². The lowest BCUT2D eigenvalue weighted by atomic mass is 10.1. The Morgan fingerprint density at radius 1 is 1.13 bits per heavy atom. The number of benzene rings is 2. The molecule has 0 radical (unpaired) electrons. The third-order valence-corrected chi connectivity index (χ3v) is 6.98. The predicted molar refractivity (Wildman–Crippen MR) is 129 cm³/mol. The maximum atomic E-state index is 12.5. The summed E-state index contributed by atoms with van der Waals surface area (Å²) < 4.78 is 2.10. The topological polar surface area (TPSA) is 51.0 Å². The van der Waals surface area contributed by atoms with Gasteiger partial charge in [0.05, 0.1) is 23.3 Å². The van der Waals surface area contributed by atoms with Gasteiger partial charge in [-0.2, -0.15) is 0 Å². The number of rotatable bonds is 7. The van der Waals surface area contributed by atoms with Crippen molar-refractivity contribution in [2.24, 2.45) is 7.05 Å². The van der Waals surface area contributed by atoms with Crippen LogP contribution in [0.2, 0.25) is 0 Å². The van der Waals surface area contributed by atoms with Gasteiger partial charge in [0.2, 0.25) is 5.91 Å². The molecule has 2 heterocycles. The van der Waals surface area contributed by atoms with Gasteiger partial charge in [0, 0.05) is 25.1 Å². The van der Waals surface area contributed by atoms with E-state index in [-0.39, 0.29) is 5.91 Å². The fourth-order valence-electron chi connectivity index (χ4n) is 3.44. The molecule has 2 aromatic heterocycles. The van der Waals surface area contributed by atoms with Crippen LogP contribution in [-0.2, 0) is 24.0 Å².